The molecule has 0 rings (SSSR count). The fourth-order valence-corrected chi connectivity index (χ4v) is 1.54. The molecule has 0 heterocycles. The molecule has 0 radical (unpaired) electrons. The molecule has 102 valence electrons. The molecule has 0 saturated carbocycles. The maximum atomic E-state index is 11.1. The second kappa shape index (κ2) is 10.8. The summed E-state index contributed by atoms with van der Waals surface area (Å²) in [5.41, 5.74) is 1.35. The number of esters is 1. The monoisotopic (exact) mass is 250 g/mol. The SMILES string of the molecule is C=CC(C/C=C/OC(=O)CCC)CCC=C(C)C. The lowest BCUT2D eigenvalue weighted by Gasteiger charge is -2.07. The van der Waals surface area contributed by atoms with Crippen LogP contribution in [-0.4, -0.2) is 5.97 Å². The van der Waals surface area contributed by atoms with Gasteiger partial charge in [-0.3, -0.25) is 4.79 Å². The standard InChI is InChI=1S/C16H26O2/c1-5-9-16(17)18-13-8-12-15(6-2)11-7-10-14(3)4/h6,8,10,13,15H,2,5,7,9,11-12H2,1,3-4H3/b13-8+. The van der Waals surface area contributed by atoms with Crippen LogP contribution in [0.3, 0.4) is 0 Å². The Labute approximate surface area is 111 Å². The number of carbonyl (C=O) groups excluding carboxylic acids is 1. The van der Waals surface area contributed by atoms with Gasteiger partial charge in [0.15, 0.2) is 0 Å². The van der Waals surface area contributed by atoms with Crippen LogP contribution in [-0.2, 0) is 9.53 Å². The number of carbonyl (C=O) groups is 1. The number of ether oxygens (including phenoxy) is 1. The van der Waals surface area contributed by atoms with Gasteiger partial charge in [-0.25, -0.2) is 0 Å². The number of hydrogen-bond donors (Lipinski definition) is 0. The van der Waals surface area contributed by atoms with Crippen LogP contribution in [0.15, 0.2) is 36.6 Å². The summed E-state index contributed by atoms with van der Waals surface area (Å²) in [7, 11) is 0. The maximum Gasteiger partial charge on any atom is 0.310 e. The second-order valence-electron chi connectivity index (χ2n) is 4.70. The molecule has 0 aliphatic heterocycles. The average molecular weight is 250 g/mol. The van der Waals surface area contributed by atoms with Gasteiger partial charge in [0.2, 0.25) is 0 Å². The van der Waals surface area contributed by atoms with Crippen molar-refractivity contribution in [3.05, 3.63) is 36.6 Å². The van der Waals surface area contributed by atoms with Crippen molar-refractivity contribution >= 4 is 5.97 Å². The predicted molar refractivity (Wildman–Crippen MR) is 77.1 cm³/mol. The molecule has 2 nitrogen and oxygen atoms in total. The molecule has 0 fully saturated rings. The van der Waals surface area contributed by atoms with E-state index < -0.39 is 0 Å². The summed E-state index contributed by atoms with van der Waals surface area (Å²) < 4.78 is 4.95. The Hall–Kier alpha value is -1.31. The lowest BCUT2D eigenvalue weighted by atomic mass is 9.99. The van der Waals surface area contributed by atoms with E-state index in [1.807, 2.05) is 19.1 Å². The summed E-state index contributed by atoms with van der Waals surface area (Å²) in [6.45, 7) is 10.0. The highest BCUT2D eigenvalue weighted by molar-refractivity contribution is 5.69. The van der Waals surface area contributed by atoms with Crippen LogP contribution < -0.4 is 0 Å². The summed E-state index contributed by atoms with van der Waals surface area (Å²) in [6, 6.07) is 0. The Bertz CT molecular complexity index is 296. The van der Waals surface area contributed by atoms with E-state index in [4.69, 9.17) is 4.74 Å². The molecule has 0 aromatic rings. The molecule has 0 aromatic carbocycles. The lowest BCUT2D eigenvalue weighted by Crippen LogP contribution is -1.98. The van der Waals surface area contributed by atoms with Gasteiger partial charge >= 0.3 is 5.97 Å². The van der Waals surface area contributed by atoms with Gasteiger partial charge in [0, 0.05) is 6.42 Å². The van der Waals surface area contributed by atoms with Gasteiger partial charge in [-0.05, 0) is 51.5 Å². The van der Waals surface area contributed by atoms with Crippen LogP contribution in [0.2, 0.25) is 0 Å². The van der Waals surface area contributed by atoms with Gasteiger partial charge in [0.1, 0.15) is 0 Å². The number of rotatable bonds is 9. The van der Waals surface area contributed by atoms with Gasteiger partial charge in [-0.15, -0.1) is 6.58 Å². The Morgan fingerprint density at radius 2 is 2.11 bits per heavy atom. The number of hydrogen-bond acceptors (Lipinski definition) is 2. The molecule has 0 aliphatic rings. The second-order valence-corrected chi connectivity index (χ2v) is 4.70. The highest BCUT2D eigenvalue weighted by Crippen LogP contribution is 2.14. The molecule has 0 saturated heterocycles. The zero-order valence-corrected chi connectivity index (χ0v) is 11.9. The quantitative estimate of drug-likeness (QED) is 0.334. The highest BCUT2D eigenvalue weighted by atomic mass is 16.5. The van der Waals surface area contributed by atoms with E-state index in [1.165, 1.54) is 11.8 Å². The topological polar surface area (TPSA) is 26.3 Å². The number of allylic oxidation sites excluding steroid dienone is 4. The Balaban J connectivity index is 3.85. The molecular weight excluding hydrogens is 224 g/mol. The van der Waals surface area contributed by atoms with E-state index in [9.17, 15) is 4.79 Å². The summed E-state index contributed by atoms with van der Waals surface area (Å²) >= 11 is 0. The molecule has 0 amide bonds. The van der Waals surface area contributed by atoms with Crippen LogP contribution in [0.1, 0.15) is 52.9 Å². The fourth-order valence-electron chi connectivity index (χ4n) is 1.54. The van der Waals surface area contributed by atoms with Gasteiger partial charge in [-0.1, -0.05) is 24.6 Å². The normalized spacial score (nSPS) is 12.2. The van der Waals surface area contributed by atoms with Crippen molar-refractivity contribution in [1.29, 1.82) is 0 Å². The van der Waals surface area contributed by atoms with Gasteiger partial charge in [0.25, 0.3) is 0 Å². The Morgan fingerprint density at radius 1 is 1.39 bits per heavy atom. The molecule has 0 bridgehead atoms. The van der Waals surface area contributed by atoms with Crippen molar-refractivity contribution < 1.29 is 9.53 Å². The Morgan fingerprint density at radius 3 is 2.67 bits per heavy atom. The first-order chi connectivity index (χ1) is 8.60. The van der Waals surface area contributed by atoms with E-state index in [0.29, 0.717) is 12.3 Å². The zero-order valence-electron chi connectivity index (χ0n) is 11.9. The summed E-state index contributed by atoms with van der Waals surface area (Å²) in [6.07, 6.45) is 12.0. The molecule has 0 aliphatic carbocycles. The zero-order chi connectivity index (χ0) is 13.8. The summed E-state index contributed by atoms with van der Waals surface area (Å²) in [4.78, 5) is 11.1. The molecular formula is C16H26O2. The van der Waals surface area contributed by atoms with Gasteiger partial charge in [-0.2, -0.15) is 0 Å². The molecule has 0 spiro atoms. The molecule has 2 heteroatoms. The van der Waals surface area contributed by atoms with Crippen molar-refractivity contribution in [2.24, 2.45) is 5.92 Å². The van der Waals surface area contributed by atoms with Crippen LogP contribution in [0.5, 0.6) is 0 Å². The van der Waals surface area contributed by atoms with Crippen LogP contribution in [0.25, 0.3) is 0 Å². The minimum atomic E-state index is -0.159. The van der Waals surface area contributed by atoms with Crippen molar-refractivity contribution in [1.82, 2.24) is 0 Å². The first-order valence-corrected chi connectivity index (χ1v) is 6.70. The van der Waals surface area contributed by atoms with Crippen molar-refractivity contribution in [3.63, 3.8) is 0 Å². The minimum absolute atomic E-state index is 0.159. The highest BCUT2D eigenvalue weighted by Gasteiger charge is 2.01. The summed E-state index contributed by atoms with van der Waals surface area (Å²) in [5, 5.41) is 0. The van der Waals surface area contributed by atoms with Crippen molar-refractivity contribution in [2.45, 2.75) is 52.9 Å². The molecule has 1 atom stereocenters. The first kappa shape index (κ1) is 16.7. The third-order valence-corrected chi connectivity index (χ3v) is 2.61. The van der Waals surface area contributed by atoms with E-state index in [0.717, 1.165) is 25.7 Å². The molecule has 0 aromatic heterocycles. The van der Waals surface area contributed by atoms with Crippen molar-refractivity contribution in [3.8, 4) is 0 Å². The third kappa shape index (κ3) is 9.88. The lowest BCUT2D eigenvalue weighted by molar-refractivity contribution is -0.138. The van der Waals surface area contributed by atoms with Crippen LogP contribution in [0.4, 0.5) is 0 Å². The predicted octanol–water partition coefficient (Wildman–Crippen LogP) is 4.78. The molecule has 1 unspecified atom stereocenters. The fraction of sp³-hybridized carbons (Fsp3) is 0.562. The minimum Gasteiger partial charge on any atom is -0.435 e. The van der Waals surface area contributed by atoms with Crippen LogP contribution in [0, 0.1) is 5.92 Å². The van der Waals surface area contributed by atoms with E-state index >= 15 is 0 Å². The maximum absolute atomic E-state index is 11.1. The van der Waals surface area contributed by atoms with E-state index in [1.54, 1.807) is 0 Å². The van der Waals surface area contributed by atoms with E-state index in [2.05, 4.69) is 26.5 Å². The Kier molecular flexibility index (Phi) is 10.0. The third-order valence-electron chi connectivity index (χ3n) is 2.61. The summed E-state index contributed by atoms with van der Waals surface area (Å²) in [5.74, 6) is 0.287. The average Bonchev–Trinajstić information content (AvgIpc) is 2.32. The largest absolute Gasteiger partial charge is 0.435 e. The molecule has 18 heavy (non-hydrogen) atoms. The van der Waals surface area contributed by atoms with Gasteiger partial charge in [0.05, 0.1) is 6.26 Å². The van der Waals surface area contributed by atoms with Crippen molar-refractivity contribution in [2.75, 3.05) is 0 Å². The first-order valence-electron chi connectivity index (χ1n) is 6.70. The smallest absolute Gasteiger partial charge is 0.310 e. The van der Waals surface area contributed by atoms with E-state index in [-0.39, 0.29) is 5.97 Å². The molecule has 0 N–H and O–H groups in total. The van der Waals surface area contributed by atoms with Crippen LogP contribution >= 0.6 is 0 Å². The van der Waals surface area contributed by atoms with Gasteiger partial charge < -0.3 is 4.74 Å².